The zero-order valence-electron chi connectivity index (χ0n) is 15.6. The summed E-state index contributed by atoms with van der Waals surface area (Å²) in [4.78, 5) is 20.8. The third-order valence-electron chi connectivity index (χ3n) is 3.95. The molecule has 0 aliphatic rings. The van der Waals surface area contributed by atoms with E-state index in [0.29, 0.717) is 12.4 Å². The molecule has 0 radical (unpaired) electrons. The third kappa shape index (κ3) is 4.82. The van der Waals surface area contributed by atoms with Crippen molar-refractivity contribution in [1.29, 1.82) is 0 Å². The summed E-state index contributed by atoms with van der Waals surface area (Å²) < 4.78 is 5.42. The predicted molar refractivity (Wildman–Crippen MR) is 107 cm³/mol. The van der Waals surface area contributed by atoms with Gasteiger partial charge in [0.15, 0.2) is 0 Å². The van der Waals surface area contributed by atoms with Crippen LogP contribution >= 0.6 is 0 Å². The Labute approximate surface area is 158 Å². The number of anilines is 3. The Morgan fingerprint density at radius 3 is 2.44 bits per heavy atom. The first kappa shape index (κ1) is 18.4. The molecule has 0 fully saturated rings. The second-order valence-corrected chi connectivity index (χ2v) is 6.14. The predicted octanol–water partition coefficient (Wildman–Crippen LogP) is 4.49. The Bertz CT molecular complexity index is 922. The maximum atomic E-state index is 12.4. The molecule has 6 heteroatoms. The van der Waals surface area contributed by atoms with E-state index in [1.165, 1.54) is 12.4 Å². The largest absolute Gasteiger partial charge is 0.494 e. The smallest absolute Gasteiger partial charge is 0.275 e. The van der Waals surface area contributed by atoms with Crippen molar-refractivity contribution < 1.29 is 9.53 Å². The molecule has 0 saturated carbocycles. The van der Waals surface area contributed by atoms with Gasteiger partial charge in [-0.2, -0.15) is 0 Å². The normalized spacial score (nSPS) is 10.3. The summed E-state index contributed by atoms with van der Waals surface area (Å²) in [6, 6.07) is 13.4. The molecule has 2 N–H and O–H groups in total. The molecule has 27 heavy (non-hydrogen) atoms. The Hall–Kier alpha value is -3.41. The van der Waals surface area contributed by atoms with E-state index >= 15 is 0 Å². The number of hydrogen-bond acceptors (Lipinski definition) is 5. The van der Waals surface area contributed by atoms with E-state index in [2.05, 4.69) is 20.6 Å². The molecule has 0 unspecified atom stereocenters. The van der Waals surface area contributed by atoms with Crippen molar-refractivity contribution in [3.05, 3.63) is 71.7 Å². The summed E-state index contributed by atoms with van der Waals surface area (Å²) in [7, 11) is 0. The lowest BCUT2D eigenvalue weighted by atomic mass is 10.1. The number of carbonyl (C=O) groups excluding carboxylic acids is 1. The number of nitrogens with one attached hydrogen (secondary N) is 2. The van der Waals surface area contributed by atoms with Crippen LogP contribution in [0.5, 0.6) is 5.75 Å². The van der Waals surface area contributed by atoms with E-state index in [1.54, 1.807) is 0 Å². The summed E-state index contributed by atoms with van der Waals surface area (Å²) in [5.74, 6) is 1.08. The van der Waals surface area contributed by atoms with Crippen LogP contribution in [-0.4, -0.2) is 22.5 Å². The highest BCUT2D eigenvalue weighted by atomic mass is 16.5. The topological polar surface area (TPSA) is 76.1 Å². The zero-order chi connectivity index (χ0) is 19.2. The first-order valence-corrected chi connectivity index (χ1v) is 8.75. The fourth-order valence-electron chi connectivity index (χ4n) is 2.60. The first-order chi connectivity index (χ1) is 13.0. The zero-order valence-corrected chi connectivity index (χ0v) is 15.6. The fraction of sp³-hybridized carbons (Fsp3) is 0.190. The number of carbonyl (C=O) groups is 1. The quantitative estimate of drug-likeness (QED) is 0.676. The molecule has 0 atom stereocenters. The lowest BCUT2D eigenvalue weighted by molar-refractivity contribution is 0.102. The van der Waals surface area contributed by atoms with Crippen molar-refractivity contribution in [3.8, 4) is 5.75 Å². The molecule has 3 aromatic rings. The molecular formula is C21H22N4O2. The highest BCUT2D eigenvalue weighted by molar-refractivity contribution is 6.03. The summed E-state index contributed by atoms with van der Waals surface area (Å²) in [5, 5.41) is 6.01. The second kappa shape index (κ2) is 8.31. The van der Waals surface area contributed by atoms with Crippen LogP contribution in [-0.2, 0) is 0 Å². The minimum absolute atomic E-state index is 0.257. The summed E-state index contributed by atoms with van der Waals surface area (Å²) >= 11 is 0. The van der Waals surface area contributed by atoms with Crippen LogP contribution in [0, 0.1) is 13.8 Å². The minimum Gasteiger partial charge on any atom is -0.494 e. The van der Waals surface area contributed by atoms with Crippen LogP contribution in [0.1, 0.15) is 28.5 Å². The van der Waals surface area contributed by atoms with Gasteiger partial charge in [0, 0.05) is 11.4 Å². The number of amides is 1. The maximum absolute atomic E-state index is 12.4. The van der Waals surface area contributed by atoms with E-state index in [0.717, 1.165) is 28.3 Å². The number of ether oxygens (including phenoxy) is 1. The Morgan fingerprint density at radius 1 is 1.04 bits per heavy atom. The van der Waals surface area contributed by atoms with Gasteiger partial charge in [0.05, 0.1) is 19.0 Å². The van der Waals surface area contributed by atoms with Crippen LogP contribution < -0.4 is 15.4 Å². The maximum Gasteiger partial charge on any atom is 0.275 e. The van der Waals surface area contributed by atoms with E-state index in [9.17, 15) is 4.79 Å². The van der Waals surface area contributed by atoms with E-state index in [-0.39, 0.29) is 11.6 Å². The van der Waals surface area contributed by atoms with Crippen LogP contribution in [0.2, 0.25) is 0 Å². The molecule has 2 aromatic carbocycles. The molecule has 138 valence electrons. The van der Waals surface area contributed by atoms with E-state index in [4.69, 9.17) is 4.74 Å². The minimum atomic E-state index is -0.290. The van der Waals surface area contributed by atoms with Crippen molar-refractivity contribution in [2.45, 2.75) is 20.8 Å². The summed E-state index contributed by atoms with van der Waals surface area (Å²) in [6.45, 7) is 6.54. The highest BCUT2D eigenvalue weighted by Crippen LogP contribution is 2.19. The van der Waals surface area contributed by atoms with Crippen molar-refractivity contribution >= 4 is 23.1 Å². The van der Waals surface area contributed by atoms with Gasteiger partial charge < -0.3 is 15.4 Å². The standard InChI is InChI=1S/C21H22N4O2/c1-4-27-17-8-6-16(7-9-17)24-20-13-22-19(12-23-20)21(26)25-18-10-5-14(2)11-15(18)3/h5-13H,4H2,1-3H3,(H,23,24)(H,25,26). The number of benzene rings is 2. The fourth-order valence-corrected chi connectivity index (χ4v) is 2.60. The molecular weight excluding hydrogens is 340 g/mol. The van der Waals surface area contributed by atoms with E-state index in [1.807, 2.05) is 63.2 Å². The molecule has 0 aliphatic carbocycles. The average molecular weight is 362 g/mol. The van der Waals surface area contributed by atoms with Gasteiger partial charge >= 0.3 is 0 Å². The van der Waals surface area contributed by atoms with Gasteiger partial charge in [0.25, 0.3) is 5.91 Å². The van der Waals surface area contributed by atoms with Crippen molar-refractivity contribution in [2.24, 2.45) is 0 Å². The second-order valence-electron chi connectivity index (χ2n) is 6.14. The number of hydrogen-bond donors (Lipinski definition) is 2. The van der Waals surface area contributed by atoms with Crippen molar-refractivity contribution in [3.63, 3.8) is 0 Å². The van der Waals surface area contributed by atoms with Gasteiger partial charge in [-0.3, -0.25) is 4.79 Å². The molecule has 0 saturated heterocycles. The van der Waals surface area contributed by atoms with Gasteiger partial charge in [0.2, 0.25) is 0 Å². The van der Waals surface area contributed by atoms with Crippen molar-refractivity contribution in [1.82, 2.24) is 9.97 Å². The van der Waals surface area contributed by atoms with E-state index < -0.39 is 0 Å². The monoisotopic (exact) mass is 362 g/mol. The molecule has 1 heterocycles. The summed E-state index contributed by atoms with van der Waals surface area (Å²) in [5.41, 5.74) is 4.04. The lowest BCUT2D eigenvalue weighted by Gasteiger charge is -2.10. The van der Waals surface area contributed by atoms with Crippen LogP contribution in [0.3, 0.4) is 0 Å². The molecule has 3 rings (SSSR count). The van der Waals surface area contributed by atoms with Gasteiger partial charge in [-0.1, -0.05) is 17.7 Å². The molecule has 0 aliphatic heterocycles. The number of nitrogens with zero attached hydrogens (tertiary/aromatic N) is 2. The summed E-state index contributed by atoms with van der Waals surface area (Å²) in [6.07, 6.45) is 2.99. The lowest BCUT2D eigenvalue weighted by Crippen LogP contribution is -2.15. The Morgan fingerprint density at radius 2 is 1.81 bits per heavy atom. The van der Waals surface area contributed by atoms with Crippen molar-refractivity contribution in [2.75, 3.05) is 17.2 Å². The molecule has 1 aromatic heterocycles. The number of aryl methyl sites for hydroxylation is 2. The van der Waals surface area contributed by atoms with Crippen LogP contribution in [0.4, 0.5) is 17.2 Å². The Balaban J connectivity index is 1.64. The number of rotatable bonds is 6. The molecule has 1 amide bonds. The first-order valence-electron chi connectivity index (χ1n) is 8.75. The van der Waals surface area contributed by atoms with Crippen LogP contribution in [0.15, 0.2) is 54.9 Å². The van der Waals surface area contributed by atoms with Gasteiger partial charge in [-0.15, -0.1) is 0 Å². The highest BCUT2D eigenvalue weighted by Gasteiger charge is 2.10. The Kier molecular flexibility index (Phi) is 5.66. The average Bonchev–Trinajstić information content (AvgIpc) is 2.66. The molecule has 0 spiro atoms. The molecule has 6 nitrogen and oxygen atoms in total. The van der Waals surface area contributed by atoms with Gasteiger partial charge in [-0.25, -0.2) is 9.97 Å². The SMILES string of the molecule is CCOc1ccc(Nc2cnc(C(=O)Nc3ccc(C)cc3C)cn2)cc1. The third-order valence-corrected chi connectivity index (χ3v) is 3.95. The number of aromatic nitrogens is 2. The van der Waals surface area contributed by atoms with Crippen LogP contribution in [0.25, 0.3) is 0 Å². The van der Waals surface area contributed by atoms with Gasteiger partial charge in [0.1, 0.15) is 17.3 Å². The van der Waals surface area contributed by atoms with Gasteiger partial charge in [-0.05, 0) is 56.7 Å². The molecule has 0 bridgehead atoms.